The van der Waals surface area contributed by atoms with Crippen LogP contribution < -0.4 is 0 Å². The molecule has 2 heterocycles. The molecule has 0 spiro atoms. The van der Waals surface area contributed by atoms with Crippen LogP contribution in [-0.2, 0) is 4.74 Å². The second kappa shape index (κ2) is 2.93. The molecule has 13 heavy (non-hydrogen) atoms. The maximum atomic E-state index is 11.3. The first-order valence-corrected chi connectivity index (χ1v) is 4.01. The highest BCUT2D eigenvalue weighted by Crippen LogP contribution is 2.05. The van der Waals surface area contributed by atoms with E-state index in [0.29, 0.717) is 17.9 Å². The fourth-order valence-corrected chi connectivity index (χ4v) is 1.15. The van der Waals surface area contributed by atoms with Gasteiger partial charge in [-0.2, -0.15) is 0 Å². The number of nitrogens with one attached hydrogen (secondary N) is 1. The number of hydrogen-bond acceptors (Lipinski definition) is 3. The quantitative estimate of drug-likeness (QED) is 0.695. The Bertz CT molecular complexity index is 429. The minimum absolute atomic E-state index is 0.363. The molecule has 2 rings (SSSR count). The van der Waals surface area contributed by atoms with Crippen LogP contribution in [0.1, 0.15) is 17.4 Å². The molecule has 2 aromatic rings. The Morgan fingerprint density at radius 3 is 3.38 bits per heavy atom. The van der Waals surface area contributed by atoms with E-state index in [1.807, 2.05) is 0 Å². The fraction of sp³-hybridized carbons (Fsp3) is 0.250. The lowest BCUT2D eigenvalue weighted by atomic mass is 10.5. The molecule has 5 nitrogen and oxygen atoms in total. The number of imidazole rings is 1. The van der Waals surface area contributed by atoms with E-state index >= 15 is 0 Å². The van der Waals surface area contributed by atoms with Crippen molar-refractivity contribution in [3.05, 3.63) is 24.2 Å². The Balaban J connectivity index is 2.42. The van der Waals surface area contributed by atoms with Gasteiger partial charge < -0.3 is 4.74 Å². The number of carbonyl (C=O) groups excluding carboxylic acids is 1. The summed E-state index contributed by atoms with van der Waals surface area (Å²) in [5.41, 5.74) is 1.13. The van der Waals surface area contributed by atoms with Gasteiger partial charge in [-0.1, -0.05) is 0 Å². The summed E-state index contributed by atoms with van der Waals surface area (Å²) in [4.78, 5) is 15.3. The number of ether oxygens (including phenoxy) is 1. The zero-order valence-electron chi connectivity index (χ0n) is 7.15. The molecule has 0 radical (unpaired) electrons. The lowest BCUT2D eigenvalue weighted by Crippen LogP contribution is -2.07. The number of hydrogen-bond donors (Lipinski definition) is 1. The summed E-state index contributed by atoms with van der Waals surface area (Å²) < 4.78 is 6.43. The molecule has 0 bridgehead atoms. The predicted molar refractivity (Wildman–Crippen MR) is 45.5 cm³/mol. The molecule has 2 aromatic heterocycles. The minimum Gasteiger partial charge on any atom is -0.461 e. The van der Waals surface area contributed by atoms with Gasteiger partial charge in [-0.3, -0.25) is 5.10 Å². The Morgan fingerprint density at radius 2 is 2.62 bits per heavy atom. The number of rotatable bonds is 2. The van der Waals surface area contributed by atoms with Crippen molar-refractivity contribution in [3.63, 3.8) is 0 Å². The zero-order valence-corrected chi connectivity index (χ0v) is 7.15. The molecule has 0 atom stereocenters. The van der Waals surface area contributed by atoms with Crippen molar-refractivity contribution in [2.45, 2.75) is 6.92 Å². The highest BCUT2D eigenvalue weighted by Gasteiger charge is 2.12. The lowest BCUT2D eigenvalue weighted by Gasteiger charge is -1.98. The molecule has 1 N–H and O–H groups in total. The number of fused-ring (bicyclic) bond motifs is 1. The average Bonchev–Trinajstić information content (AvgIpc) is 2.62. The zero-order chi connectivity index (χ0) is 9.26. The highest BCUT2D eigenvalue weighted by atomic mass is 16.5. The van der Waals surface area contributed by atoms with Crippen LogP contribution in [0.15, 0.2) is 18.5 Å². The van der Waals surface area contributed by atoms with Crippen LogP contribution in [0, 0.1) is 0 Å². The van der Waals surface area contributed by atoms with E-state index in [4.69, 9.17) is 4.74 Å². The van der Waals surface area contributed by atoms with Gasteiger partial charge in [-0.15, -0.1) is 0 Å². The summed E-state index contributed by atoms with van der Waals surface area (Å²) in [5, 5.41) is 2.86. The van der Waals surface area contributed by atoms with Crippen molar-refractivity contribution < 1.29 is 9.53 Å². The van der Waals surface area contributed by atoms with Gasteiger partial charge in [-0.25, -0.2) is 14.3 Å². The molecule has 0 amide bonds. The number of carbonyl (C=O) groups is 1. The summed E-state index contributed by atoms with van der Waals surface area (Å²) in [5.74, 6) is -0.363. The number of nitrogens with zero attached hydrogens (tertiary/aromatic N) is 2. The molecule has 0 unspecified atom stereocenters. The third-order valence-corrected chi connectivity index (χ3v) is 1.71. The monoisotopic (exact) mass is 179 g/mol. The Hall–Kier alpha value is -1.78. The largest absolute Gasteiger partial charge is 0.461 e. The summed E-state index contributed by atoms with van der Waals surface area (Å²) in [6.07, 6.45) is 3.20. The molecule has 68 valence electrons. The second-order valence-corrected chi connectivity index (χ2v) is 2.52. The summed E-state index contributed by atoms with van der Waals surface area (Å²) in [6, 6.07) is 1.78. The van der Waals surface area contributed by atoms with E-state index in [1.54, 1.807) is 23.7 Å². The standard InChI is InChI=1S/C8H9N3O2/c1-2-13-8(12)6-5-9-7-3-4-10-11(6)7/h3-5,10H,2H2,1H3. The van der Waals surface area contributed by atoms with Gasteiger partial charge in [0, 0.05) is 12.3 Å². The summed E-state index contributed by atoms with van der Waals surface area (Å²) in [6.45, 7) is 2.14. The van der Waals surface area contributed by atoms with Gasteiger partial charge >= 0.3 is 5.97 Å². The maximum Gasteiger partial charge on any atom is 0.358 e. The molecule has 0 aliphatic rings. The van der Waals surface area contributed by atoms with Gasteiger partial charge in [-0.05, 0) is 6.92 Å². The Morgan fingerprint density at radius 1 is 1.77 bits per heavy atom. The van der Waals surface area contributed by atoms with Crippen LogP contribution in [0.4, 0.5) is 0 Å². The van der Waals surface area contributed by atoms with E-state index in [1.165, 1.54) is 6.20 Å². The first-order chi connectivity index (χ1) is 6.33. The first kappa shape index (κ1) is 7.85. The van der Waals surface area contributed by atoms with Gasteiger partial charge in [0.15, 0.2) is 11.3 Å². The fourth-order valence-electron chi connectivity index (χ4n) is 1.15. The van der Waals surface area contributed by atoms with E-state index in [2.05, 4.69) is 10.1 Å². The topological polar surface area (TPSA) is 59.4 Å². The van der Waals surface area contributed by atoms with Crippen molar-refractivity contribution >= 4 is 11.6 Å². The predicted octanol–water partition coefficient (Wildman–Crippen LogP) is 0.839. The molecule has 0 aromatic carbocycles. The summed E-state index contributed by atoms with van der Waals surface area (Å²) in [7, 11) is 0. The number of aromatic amines is 1. The normalized spacial score (nSPS) is 10.5. The van der Waals surface area contributed by atoms with Crippen LogP contribution >= 0.6 is 0 Å². The highest BCUT2D eigenvalue weighted by molar-refractivity contribution is 5.88. The van der Waals surface area contributed by atoms with Crippen molar-refractivity contribution in [2.75, 3.05) is 6.61 Å². The van der Waals surface area contributed by atoms with Gasteiger partial charge in [0.2, 0.25) is 0 Å². The number of aromatic nitrogens is 3. The van der Waals surface area contributed by atoms with Crippen molar-refractivity contribution in [2.24, 2.45) is 0 Å². The van der Waals surface area contributed by atoms with Gasteiger partial charge in [0.1, 0.15) is 0 Å². The average molecular weight is 179 g/mol. The van der Waals surface area contributed by atoms with Crippen LogP contribution in [0.25, 0.3) is 5.65 Å². The van der Waals surface area contributed by atoms with E-state index in [0.717, 1.165) is 0 Å². The molecule has 0 saturated heterocycles. The smallest absolute Gasteiger partial charge is 0.358 e. The van der Waals surface area contributed by atoms with Gasteiger partial charge in [0.25, 0.3) is 0 Å². The molecular formula is C8H9N3O2. The van der Waals surface area contributed by atoms with Crippen LogP contribution in [0.2, 0.25) is 0 Å². The van der Waals surface area contributed by atoms with Crippen molar-refractivity contribution in [3.8, 4) is 0 Å². The number of H-pyrrole nitrogens is 1. The third-order valence-electron chi connectivity index (χ3n) is 1.71. The molecule has 5 heteroatoms. The Labute approximate surface area is 74.3 Å². The van der Waals surface area contributed by atoms with Crippen LogP contribution in [0.5, 0.6) is 0 Å². The van der Waals surface area contributed by atoms with Crippen LogP contribution in [-0.4, -0.2) is 27.2 Å². The minimum atomic E-state index is -0.363. The second-order valence-electron chi connectivity index (χ2n) is 2.52. The summed E-state index contributed by atoms with van der Waals surface area (Å²) >= 11 is 0. The third kappa shape index (κ3) is 1.18. The van der Waals surface area contributed by atoms with Gasteiger partial charge in [0.05, 0.1) is 12.8 Å². The van der Waals surface area contributed by atoms with E-state index in [-0.39, 0.29) is 5.97 Å². The first-order valence-electron chi connectivity index (χ1n) is 4.01. The van der Waals surface area contributed by atoms with Crippen LogP contribution in [0.3, 0.4) is 0 Å². The van der Waals surface area contributed by atoms with Crippen molar-refractivity contribution in [1.29, 1.82) is 0 Å². The maximum absolute atomic E-state index is 11.3. The number of esters is 1. The molecule has 0 aliphatic heterocycles. The molecular weight excluding hydrogens is 170 g/mol. The Kier molecular flexibility index (Phi) is 1.77. The molecule has 0 saturated carbocycles. The van der Waals surface area contributed by atoms with E-state index in [9.17, 15) is 4.79 Å². The molecule has 0 aliphatic carbocycles. The molecule has 0 fully saturated rings. The SMILES string of the molecule is CCOC(=O)c1cnc2cc[nH]n12. The lowest BCUT2D eigenvalue weighted by molar-refractivity contribution is 0.0517. The van der Waals surface area contributed by atoms with E-state index < -0.39 is 0 Å². The van der Waals surface area contributed by atoms with Crippen molar-refractivity contribution in [1.82, 2.24) is 14.6 Å².